The highest BCUT2D eigenvalue weighted by Crippen LogP contribution is 2.32. The van der Waals surface area contributed by atoms with Gasteiger partial charge in [0.05, 0.1) is 24.1 Å². The molecule has 8 heteroatoms. The van der Waals surface area contributed by atoms with Gasteiger partial charge in [-0.3, -0.25) is 14.2 Å². The first kappa shape index (κ1) is 18.8. The fraction of sp³-hybridized carbons (Fsp3) is 0.158. The van der Waals surface area contributed by atoms with Gasteiger partial charge in [0.2, 0.25) is 0 Å². The topological polar surface area (TPSA) is 68.5 Å². The number of phenolic OH excluding ortho intramolecular Hbond substituents is 1. The molecule has 1 aromatic heterocycles. The molecule has 0 spiro atoms. The minimum atomic E-state index is -0.930. The van der Waals surface area contributed by atoms with Gasteiger partial charge in [-0.15, -0.1) is 0 Å². The molecule has 0 aliphatic carbocycles. The monoisotopic (exact) mass is 393 g/mol. The van der Waals surface area contributed by atoms with E-state index in [1.807, 2.05) is 0 Å². The maximum absolute atomic E-state index is 13.9. The smallest absolute Gasteiger partial charge is 0.310 e. The number of halogens is 3. The van der Waals surface area contributed by atoms with E-state index in [0.29, 0.717) is 16.6 Å². The summed E-state index contributed by atoms with van der Waals surface area (Å²) >= 11 is 5.65. The van der Waals surface area contributed by atoms with Gasteiger partial charge in [-0.2, -0.15) is 0 Å². The second-order valence-electron chi connectivity index (χ2n) is 5.91. The van der Waals surface area contributed by atoms with Crippen molar-refractivity contribution in [3.63, 3.8) is 0 Å². The summed E-state index contributed by atoms with van der Waals surface area (Å²) in [6.45, 7) is 1.57. The van der Waals surface area contributed by atoms with Crippen molar-refractivity contribution in [3.8, 4) is 5.75 Å². The molecule has 27 heavy (non-hydrogen) atoms. The number of phenols is 1. The maximum atomic E-state index is 13.9. The number of methoxy groups -OCH3 is 1. The molecule has 0 saturated carbocycles. The van der Waals surface area contributed by atoms with Crippen molar-refractivity contribution in [2.75, 3.05) is 7.11 Å². The van der Waals surface area contributed by atoms with Crippen LogP contribution in [0.4, 0.5) is 8.78 Å². The van der Waals surface area contributed by atoms with Gasteiger partial charge in [-0.25, -0.2) is 8.78 Å². The Morgan fingerprint density at radius 2 is 1.89 bits per heavy atom. The summed E-state index contributed by atoms with van der Waals surface area (Å²) in [5.41, 5.74) is 0.882. The van der Waals surface area contributed by atoms with E-state index in [0.717, 1.165) is 18.2 Å². The molecule has 2 aromatic carbocycles. The van der Waals surface area contributed by atoms with Crippen LogP contribution in [-0.4, -0.2) is 28.7 Å². The first-order valence-electron chi connectivity index (χ1n) is 7.83. The number of hydrogen-bond acceptors (Lipinski definition) is 4. The normalized spacial score (nSPS) is 11.0. The highest BCUT2D eigenvalue weighted by atomic mass is 35.5. The van der Waals surface area contributed by atoms with E-state index in [2.05, 4.69) is 4.74 Å². The maximum Gasteiger partial charge on any atom is 0.310 e. The number of aromatic hydroxyl groups is 1. The Balaban J connectivity index is 2.26. The van der Waals surface area contributed by atoms with Gasteiger partial charge in [0.15, 0.2) is 11.6 Å². The van der Waals surface area contributed by atoms with Crippen molar-refractivity contribution in [2.45, 2.75) is 13.3 Å². The Kier molecular flexibility index (Phi) is 4.89. The first-order chi connectivity index (χ1) is 12.7. The first-order valence-corrected chi connectivity index (χ1v) is 8.21. The molecule has 0 amide bonds. The minimum Gasteiger partial charge on any atom is -0.505 e. The highest BCUT2D eigenvalue weighted by molar-refractivity contribution is 6.30. The number of hydrogen-bond donors (Lipinski definition) is 1. The molecular formula is C19H14ClF2NO4. The van der Waals surface area contributed by atoms with Crippen LogP contribution >= 0.6 is 11.6 Å². The summed E-state index contributed by atoms with van der Waals surface area (Å²) in [6.07, 6.45) is -0.181. The van der Waals surface area contributed by atoms with Gasteiger partial charge < -0.3 is 9.84 Å². The quantitative estimate of drug-likeness (QED) is 0.683. The average Bonchev–Trinajstić information content (AvgIpc) is 2.88. The number of carbonyl (C=O) groups excluding carboxylic acids is 2. The molecule has 1 N–H and O–H groups in total. The summed E-state index contributed by atoms with van der Waals surface area (Å²) in [7, 11) is 1.22. The third-order valence-electron chi connectivity index (χ3n) is 4.32. The van der Waals surface area contributed by atoms with Crippen LogP contribution in [0.5, 0.6) is 5.75 Å². The standard InChI is InChI=1S/C19H14ClF2NO4/c1-9-11(7-18(25)27-2)12-6-17(24)15(22)8-16(12)23(9)19(26)10-3-4-13(20)14(21)5-10/h3-6,8,24H,7H2,1-2H3. The Hall–Kier alpha value is -2.93. The molecule has 140 valence electrons. The molecule has 0 saturated heterocycles. The van der Waals surface area contributed by atoms with E-state index in [4.69, 9.17) is 11.6 Å². The van der Waals surface area contributed by atoms with E-state index >= 15 is 0 Å². The second-order valence-corrected chi connectivity index (χ2v) is 6.31. The lowest BCUT2D eigenvalue weighted by Crippen LogP contribution is -2.14. The highest BCUT2D eigenvalue weighted by Gasteiger charge is 2.23. The van der Waals surface area contributed by atoms with Crippen molar-refractivity contribution in [1.29, 1.82) is 0 Å². The number of ether oxygens (including phenoxy) is 1. The predicted octanol–water partition coefficient (Wildman–Crippen LogP) is 3.99. The van der Waals surface area contributed by atoms with Crippen LogP contribution in [0.15, 0.2) is 30.3 Å². The van der Waals surface area contributed by atoms with E-state index < -0.39 is 29.3 Å². The zero-order valence-electron chi connectivity index (χ0n) is 14.3. The van der Waals surface area contributed by atoms with Gasteiger partial charge in [0.1, 0.15) is 5.82 Å². The molecule has 0 aliphatic heterocycles. The van der Waals surface area contributed by atoms with E-state index in [1.54, 1.807) is 6.92 Å². The van der Waals surface area contributed by atoms with Crippen molar-refractivity contribution < 1.29 is 28.2 Å². The van der Waals surface area contributed by atoms with Crippen molar-refractivity contribution >= 4 is 34.4 Å². The molecule has 0 fully saturated rings. The largest absolute Gasteiger partial charge is 0.505 e. The van der Waals surface area contributed by atoms with E-state index in [1.165, 1.54) is 23.8 Å². The number of rotatable bonds is 3. The SMILES string of the molecule is COC(=O)Cc1c(C)n(C(=O)c2ccc(Cl)c(F)c2)c2cc(F)c(O)cc12. The zero-order valence-corrected chi connectivity index (χ0v) is 15.1. The molecule has 3 rings (SSSR count). The number of nitrogens with zero attached hydrogens (tertiary/aromatic N) is 1. The van der Waals surface area contributed by atoms with Crippen LogP contribution in [0.25, 0.3) is 10.9 Å². The summed E-state index contributed by atoms with van der Waals surface area (Å²) in [5.74, 6) is -3.51. The summed E-state index contributed by atoms with van der Waals surface area (Å²) < 4.78 is 33.5. The minimum absolute atomic E-state index is 0.00463. The lowest BCUT2D eigenvalue weighted by molar-refractivity contribution is -0.139. The van der Waals surface area contributed by atoms with E-state index in [9.17, 15) is 23.5 Å². The van der Waals surface area contributed by atoms with Gasteiger partial charge in [0.25, 0.3) is 5.91 Å². The third-order valence-corrected chi connectivity index (χ3v) is 4.63. The Morgan fingerprint density at radius 1 is 1.19 bits per heavy atom. The molecule has 0 bridgehead atoms. The number of benzene rings is 2. The fourth-order valence-electron chi connectivity index (χ4n) is 2.95. The lowest BCUT2D eigenvalue weighted by atomic mass is 10.1. The number of carbonyl (C=O) groups is 2. The summed E-state index contributed by atoms with van der Waals surface area (Å²) in [6, 6.07) is 5.69. The Morgan fingerprint density at radius 3 is 2.52 bits per heavy atom. The summed E-state index contributed by atoms with van der Waals surface area (Å²) in [4.78, 5) is 24.7. The lowest BCUT2D eigenvalue weighted by Gasteiger charge is -2.08. The van der Waals surface area contributed by atoms with Gasteiger partial charge in [-0.05, 0) is 36.8 Å². The fourth-order valence-corrected chi connectivity index (χ4v) is 3.07. The van der Waals surface area contributed by atoms with Crippen LogP contribution < -0.4 is 0 Å². The number of fused-ring (bicyclic) bond motifs is 1. The van der Waals surface area contributed by atoms with Crippen LogP contribution in [0, 0.1) is 18.6 Å². The number of aromatic nitrogens is 1. The van der Waals surface area contributed by atoms with Gasteiger partial charge in [0, 0.05) is 22.7 Å². The summed E-state index contributed by atoms with van der Waals surface area (Å²) in [5, 5.41) is 9.89. The van der Waals surface area contributed by atoms with Crippen LogP contribution in [0.3, 0.4) is 0 Å². The van der Waals surface area contributed by atoms with Crippen LogP contribution in [0.1, 0.15) is 21.6 Å². The predicted molar refractivity (Wildman–Crippen MR) is 95.2 cm³/mol. The van der Waals surface area contributed by atoms with E-state index in [-0.39, 0.29) is 22.5 Å². The third kappa shape index (κ3) is 3.26. The molecule has 3 aromatic rings. The molecule has 1 heterocycles. The average molecular weight is 394 g/mol. The molecule has 0 unspecified atom stereocenters. The molecular weight excluding hydrogens is 380 g/mol. The Bertz CT molecular complexity index is 1090. The van der Waals surface area contributed by atoms with Crippen LogP contribution in [0.2, 0.25) is 5.02 Å². The Labute approximate surface area is 157 Å². The second kappa shape index (κ2) is 7.00. The number of esters is 1. The molecule has 0 aliphatic rings. The zero-order chi connectivity index (χ0) is 19.9. The van der Waals surface area contributed by atoms with Crippen LogP contribution in [-0.2, 0) is 16.0 Å². The molecule has 0 atom stereocenters. The van der Waals surface area contributed by atoms with Crippen molar-refractivity contribution in [2.24, 2.45) is 0 Å². The van der Waals surface area contributed by atoms with Gasteiger partial charge >= 0.3 is 5.97 Å². The molecule has 0 radical (unpaired) electrons. The molecule has 5 nitrogen and oxygen atoms in total. The van der Waals surface area contributed by atoms with Crippen molar-refractivity contribution in [1.82, 2.24) is 4.57 Å². The van der Waals surface area contributed by atoms with Gasteiger partial charge in [-0.1, -0.05) is 11.6 Å². The van der Waals surface area contributed by atoms with Crippen molar-refractivity contribution in [3.05, 3.63) is 63.8 Å².